The first kappa shape index (κ1) is 11.6. The van der Waals surface area contributed by atoms with Gasteiger partial charge in [0.1, 0.15) is 17.3 Å². The van der Waals surface area contributed by atoms with E-state index in [1.165, 1.54) is 19.3 Å². The van der Waals surface area contributed by atoms with Crippen LogP contribution in [0.15, 0.2) is 6.33 Å². The number of nitrogens with zero attached hydrogens (tertiary/aromatic N) is 3. The van der Waals surface area contributed by atoms with Crippen LogP contribution in [0.3, 0.4) is 0 Å². The predicted molar refractivity (Wildman–Crippen MR) is 67.2 cm³/mol. The minimum absolute atomic E-state index is 0.353. The molecule has 1 aromatic heterocycles. The van der Waals surface area contributed by atoms with Crippen molar-refractivity contribution in [1.29, 1.82) is 0 Å². The number of halogens is 1. The van der Waals surface area contributed by atoms with Crippen LogP contribution >= 0.6 is 11.6 Å². The Morgan fingerprint density at radius 3 is 2.56 bits per heavy atom. The highest BCUT2D eigenvalue weighted by Gasteiger charge is 2.26. The molecule has 1 aliphatic carbocycles. The molecule has 0 unspecified atom stereocenters. The first-order valence-corrected chi connectivity index (χ1v) is 6.22. The van der Waals surface area contributed by atoms with Gasteiger partial charge in [-0.3, -0.25) is 0 Å². The van der Waals surface area contributed by atoms with Crippen LogP contribution in [0.1, 0.15) is 44.6 Å². The van der Waals surface area contributed by atoms with Gasteiger partial charge in [-0.15, -0.1) is 0 Å². The molecule has 88 valence electrons. The normalized spacial score (nSPS) is 16.3. The van der Waals surface area contributed by atoms with Crippen molar-refractivity contribution in [2.24, 2.45) is 0 Å². The van der Waals surface area contributed by atoms with E-state index in [2.05, 4.69) is 35.8 Å². The summed E-state index contributed by atoms with van der Waals surface area (Å²) in [6, 6.07) is 0.628. The average molecular weight is 240 g/mol. The maximum absolute atomic E-state index is 6.16. The van der Waals surface area contributed by atoms with Crippen LogP contribution in [0.25, 0.3) is 0 Å². The minimum Gasteiger partial charge on any atom is -0.356 e. The largest absolute Gasteiger partial charge is 0.356 e. The van der Waals surface area contributed by atoms with Crippen LogP contribution in [0.4, 0.5) is 5.82 Å². The molecule has 1 saturated carbocycles. The second kappa shape index (κ2) is 4.58. The summed E-state index contributed by atoms with van der Waals surface area (Å²) in [5, 5.41) is 0.589. The summed E-state index contributed by atoms with van der Waals surface area (Å²) >= 11 is 6.16. The lowest BCUT2D eigenvalue weighted by Gasteiger charge is -2.36. The molecule has 2 rings (SSSR count). The lowest BCUT2D eigenvalue weighted by molar-refractivity contribution is 0.398. The van der Waals surface area contributed by atoms with Crippen LogP contribution in [0.2, 0.25) is 5.15 Å². The zero-order valence-electron chi connectivity index (χ0n) is 10.1. The monoisotopic (exact) mass is 239 g/mol. The molecule has 1 fully saturated rings. The van der Waals surface area contributed by atoms with Crippen LogP contribution < -0.4 is 4.90 Å². The topological polar surface area (TPSA) is 29.0 Å². The van der Waals surface area contributed by atoms with Crippen molar-refractivity contribution in [3.8, 4) is 0 Å². The highest BCUT2D eigenvalue weighted by molar-refractivity contribution is 6.30. The van der Waals surface area contributed by atoms with Crippen molar-refractivity contribution >= 4 is 17.4 Å². The zero-order valence-corrected chi connectivity index (χ0v) is 10.8. The van der Waals surface area contributed by atoms with Crippen molar-refractivity contribution in [2.45, 2.75) is 45.1 Å². The van der Waals surface area contributed by atoms with Crippen molar-refractivity contribution in [2.75, 3.05) is 11.9 Å². The van der Waals surface area contributed by atoms with Gasteiger partial charge in [0.05, 0.1) is 0 Å². The van der Waals surface area contributed by atoms with Gasteiger partial charge >= 0.3 is 0 Å². The molecule has 0 aliphatic heterocycles. The lowest BCUT2D eigenvalue weighted by Crippen LogP contribution is -2.38. The minimum atomic E-state index is 0.353. The number of hydrogen-bond acceptors (Lipinski definition) is 3. The Balaban J connectivity index is 2.34. The third-order valence-corrected chi connectivity index (χ3v) is 3.65. The first-order chi connectivity index (χ1) is 7.61. The fraction of sp³-hybridized carbons (Fsp3) is 0.667. The Morgan fingerprint density at radius 1 is 1.38 bits per heavy atom. The van der Waals surface area contributed by atoms with E-state index in [1.54, 1.807) is 6.33 Å². The summed E-state index contributed by atoms with van der Waals surface area (Å²) in [6.45, 7) is 4.26. The fourth-order valence-corrected chi connectivity index (χ4v) is 2.44. The van der Waals surface area contributed by atoms with E-state index >= 15 is 0 Å². The first-order valence-electron chi connectivity index (χ1n) is 5.84. The van der Waals surface area contributed by atoms with Gasteiger partial charge in [0.15, 0.2) is 0 Å². The van der Waals surface area contributed by atoms with Crippen molar-refractivity contribution in [3.05, 3.63) is 17.0 Å². The third kappa shape index (κ3) is 2.01. The van der Waals surface area contributed by atoms with Gasteiger partial charge in [-0.2, -0.15) is 0 Å². The van der Waals surface area contributed by atoms with Crippen LogP contribution in [0.5, 0.6) is 0 Å². The molecule has 0 radical (unpaired) electrons. The van der Waals surface area contributed by atoms with E-state index in [4.69, 9.17) is 11.6 Å². The molecule has 0 bridgehead atoms. The Labute approximate surface area is 102 Å². The summed E-state index contributed by atoms with van der Waals surface area (Å²) < 4.78 is 0. The van der Waals surface area contributed by atoms with E-state index in [0.29, 0.717) is 17.1 Å². The van der Waals surface area contributed by atoms with E-state index < -0.39 is 0 Å². The molecule has 1 heterocycles. The van der Waals surface area contributed by atoms with Crippen LogP contribution in [-0.2, 0) is 0 Å². The smallest absolute Gasteiger partial charge is 0.138 e. The molecule has 1 aromatic rings. The van der Waals surface area contributed by atoms with Crippen LogP contribution in [0, 0.1) is 0 Å². The quantitative estimate of drug-likeness (QED) is 0.759. The highest BCUT2D eigenvalue weighted by Crippen LogP contribution is 2.34. The van der Waals surface area contributed by atoms with Crippen molar-refractivity contribution in [1.82, 2.24) is 9.97 Å². The summed E-state index contributed by atoms with van der Waals surface area (Å²) in [6.07, 6.45) is 5.40. The fourth-order valence-electron chi connectivity index (χ4n) is 2.09. The molecule has 0 atom stereocenters. The SMILES string of the molecule is CC(C)c1c(Cl)ncnc1N(C)C1CCC1. The van der Waals surface area contributed by atoms with Gasteiger partial charge in [-0.25, -0.2) is 9.97 Å². The Kier molecular flexibility index (Phi) is 3.33. The average Bonchev–Trinajstić information content (AvgIpc) is 2.13. The molecule has 0 amide bonds. The molecular formula is C12H18ClN3. The molecule has 0 N–H and O–H groups in total. The summed E-state index contributed by atoms with van der Waals surface area (Å²) in [5.74, 6) is 1.35. The predicted octanol–water partition coefficient (Wildman–Crippen LogP) is 3.24. The molecule has 0 saturated heterocycles. The molecule has 4 heteroatoms. The van der Waals surface area contributed by atoms with E-state index in [9.17, 15) is 0 Å². The van der Waals surface area contributed by atoms with Gasteiger partial charge in [0, 0.05) is 18.7 Å². The maximum atomic E-state index is 6.16. The zero-order chi connectivity index (χ0) is 11.7. The summed E-state index contributed by atoms with van der Waals surface area (Å²) in [5.41, 5.74) is 1.07. The second-order valence-electron chi connectivity index (χ2n) is 4.75. The highest BCUT2D eigenvalue weighted by atomic mass is 35.5. The van der Waals surface area contributed by atoms with Gasteiger partial charge in [0.25, 0.3) is 0 Å². The van der Waals surface area contributed by atoms with E-state index in [-0.39, 0.29) is 0 Å². The summed E-state index contributed by atoms with van der Waals surface area (Å²) in [4.78, 5) is 10.7. The van der Waals surface area contributed by atoms with Crippen molar-refractivity contribution in [3.63, 3.8) is 0 Å². The van der Waals surface area contributed by atoms with Gasteiger partial charge in [-0.05, 0) is 25.2 Å². The summed E-state index contributed by atoms with van der Waals surface area (Å²) in [7, 11) is 2.11. The molecule has 3 nitrogen and oxygen atoms in total. The Morgan fingerprint density at radius 2 is 2.06 bits per heavy atom. The molecule has 0 spiro atoms. The van der Waals surface area contributed by atoms with E-state index in [1.807, 2.05) is 0 Å². The van der Waals surface area contributed by atoms with Crippen LogP contribution in [-0.4, -0.2) is 23.1 Å². The molecule has 1 aliphatic rings. The standard InChI is InChI=1S/C12H18ClN3/c1-8(2)10-11(13)14-7-15-12(10)16(3)9-5-4-6-9/h7-9H,4-6H2,1-3H3. The second-order valence-corrected chi connectivity index (χ2v) is 5.11. The third-order valence-electron chi connectivity index (χ3n) is 3.35. The Bertz CT molecular complexity index is 375. The maximum Gasteiger partial charge on any atom is 0.138 e. The molecular weight excluding hydrogens is 222 g/mol. The van der Waals surface area contributed by atoms with E-state index in [0.717, 1.165) is 11.4 Å². The van der Waals surface area contributed by atoms with Gasteiger partial charge in [-0.1, -0.05) is 25.4 Å². The molecule has 0 aromatic carbocycles. The number of rotatable bonds is 3. The molecule has 16 heavy (non-hydrogen) atoms. The van der Waals surface area contributed by atoms with Gasteiger partial charge < -0.3 is 4.90 Å². The number of hydrogen-bond donors (Lipinski definition) is 0. The number of anilines is 1. The van der Waals surface area contributed by atoms with Gasteiger partial charge in [0.2, 0.25) is 0 Å². The Hall–Kier alpha value is -0.830. The number of aromatic nitrogens is 2. The van der Waals surface area contributed by atoms with Crippen molar-refractivity contribution < 1.29 is 0 Å². The lowest BCUT2D eigenvalue weighted by atomic mass is 9.91.